The molecule has 0 radical (unpaired) electrons. The Kier molecular flexibility index (Phi) is 18.3. The number of hydrogen-bond acceptors (Lipinski definition) is 11. The average Bonchev–Trinajstić information content (AvgIpc) is 3.69. The molecular weight excluding hydrogens is 831 g/mol. The minimum Gasteiger partial charge on any atom is -0.481 e. The molecule has 0 bridgehead atoms. The summed E-state index contributed by atoms with van der Waals surface area (Å²) >= 11 is 0.981. The molecule has 2 heterocycles. The topological polar surface area (TPSA) is 251 Å². The second kappa shape index (κ2) is 22.0. The van der Waals surface area contributed by atoms with E-state index >= 15 is 0 Å². The van der Waals surface area contributed by atoms with Gasteiger partial charge in [0.2, 0.25) is 29.5 Å². The van der Waals surface area contributed by atoms with Crippen LogP contribution in [0.4, 0.5) is 0 Å². The molecule has 6 atom stereocenters. The second-order valence-corrected chi connectivity index (χ2v) is 19.6. The molecule has 1 aromatic carbocycles. The van der Waals surface area contributed by atoms with Crippen LogP contribution < -0.4 is 21.7 Å². The molecule has 5 amide bonds. The van der Waals surface area contributed by atoms with Crippen LogP contribution in [0.3, 0.4) is 0 Å². The highest BCUT2D eigenvalue weighted by Gasteiger charge is 2.43. The molecule has 1 fully saturated rings. The number of aryl methyl sites for hydroxylation is 1. The number of hydrogen-bond donors (Lipinski definition) is 6. The summed E-state index contributed by atoms with van der Waals surface area (Å²) in [6.45, 7) is 14.8. The molecule has 0 aliphatic carbocycles. The second-order valence-electron chi connectivity index (χ2n) is 18.3. The van der Waals surface area contributed by atoms with Gasteiger partial charge in [0, 0.05) is 73.7 Å². The average molecular weight is 898 g/mol. The molecule has 0 saturated carbocycles. The molecule has 1 aliphatic rings. The summed E-state index contributed by atoms with van der Waals surface area (Å²) in [5.74, 6) is -5.52. The predicted octanol–water partition coefficient (Wildman–Crippen LogP) is 2.98. The number of thioether (sulfide) groups is 1. The Morgan fingerprint density at radius 3 is 2.21 bits per heavy atom. The van der Waals surface area contributed by atoms with Gasteiger partial charge in [0.05, 0.1) is 23.4 Å². The summed E-state index contributed by atoms with van der Waals surface area (Å²) in [5.41, 5.74) is 6.26. The van der Waals surface area contributed by atoms with E-state index in [0.717, 1.165) is 33.1 Å². The summed E-state index contributed by atoms with van der Waals surface area (Å²) in [4.78, 5) is 106. The van der Waals surface area contributed by atoms with Gasteiger partial charge < -0.3 is 41.4 Å². The lowest BCUT2D eigenvalue weighted by atomic mass is 9.76. The number of nitrogens with zero attached hydrogens (tertiary/aromatic N) is 3. The fraction of sp³-hybridized carbons (Fsp3) is 0.600. The van der Waals surface area contributed by atoms with Gasteiger partial charge in [-0.15, -0.1) is 11.8 Å². The van der Waals surface area contributed by atoms with Gasteiger partial charge in [0.25, 0.3) is 0 Å². The zero-order valence-corrected chi connectivity index (χ0v) is 39.3. The lowest BCUT2D eigenvalue weighted by molar-refractivity contribution is -0.141. The molecule has 1 aliphatic heterocycles. The predicted molar refractivity (Wildman–Crippen MR) is 242 cm³/mol. The van der Waals surface area contributed by atoms with Gasteiger partial charge in [-0.25, -0.2) is 0 Å². The van der Waals surface area contributed by atoms with Crippen molar-refractivity contribution >= 4 is 69.9 Å². The summed E-state index contributed by atoms with van der Waals surface area (Å²) in [5, 5.41) is 27.6. The molecule has 18 heteroatoms. The van der Waals surface area contributed by atoms with Crippen molar-refractivity contribution in [2.45, 2.75) is 128 Å². The first-order valence-corrected chi connectivity index (χ1v) is 22.3. The molecule has 1 unspecified atom stereocenters. The van der Waals surface area contributed by atoms with E-state index in [1.54, 1.807) is 20.2 Å². The molecule has 63 heavy (non-hydrogen) atoms. The number of aromatic nitrogens is 1. The number of amides is 5. The number of fused-ring (bicyclic) bond motifs is 1. The number of carbonyl (C=O) groups is 8. The minimum absolute atomic E-state index is 0.0557. The first-order chi connectivity index (χ1) is 29.2. The Balaban J connectivity index is 1.75. The smallest absolute Gasteiger partial charge is 0.321 e. The Labute approximate surface area is 374 Å². The van der Waals surface area contributed by atoms with Crippen LogP contribution in [0.2, 0.25) is 0 Å². The van der Waals surface area contributed by atoms with E-state index in [1.165, 1.54) is 11.8 Å². The van der Waals surface area contributed by atoms with Crippen molar-refractivity contribution in [3.63, 3.8) is 0 Å². The number of carbonyl (C=O) groups excluding carboxylic acids is 6. The van der Waals surface area contributed by atoms with Crippen molar-refractivity contribution in [2.75, 3.05) is 26.4 Å². The van der Waals surface area contributed by atoms with Crippen molar-refractivity contribution < 1.29 is 48.6 Å². The van der Waals surface area contributed by atoms with E-state index < -0.39 is 88.2 Å². The van der Waals surface area contributed by atoms with Crippen LogP contribution >= 0.6 is 11.8 Å². The normalized spacial score (nSPS) is 17.3. The zero-order chi connectivity index (χ0) is 47.7. The molecule has 17 nitrogen and oxygen atoms in total. The highest BCUT2D eigenvalue weighted by molar-refractivity contribution is 8.00. The highest BCUT2D eigenvalue weighted by atomic mass is 32.2. The van der Waals surface area contributed by atoms with Crippen molar-refractivity contribution in [2.24, 2.45) is 24.1 Å². The van der Waals surface area contributed by atoms with Crippen LogP contribution in [0.15, 0.2) is 42.1 Å². The SMILES string of the molecule is CN[C@H](C(=O)N[C@H](C(=O)N(C)[C@H](/C=C(\C)C(=O)N[C@@H](CCC(=O)O)C(=O)CCCN1C(=O)CC(SC[C@H](N)C(=O)O)C1=O)C(C)C)C(C)(C)C)C(C)(C)c1cn(C)c2ccccc12. The largest absolute Gasteiger partial charge is 0.481 e. The third kappa shape index (κ3) is 13.2. The van der Waals surface area contributed by atoms with Crippen LogP contribution in [-0.2, 0) is 50.8 Å². The lowest BCUT2D eigenvalue weighted by Gasteiger charge is -2.39. The van der Waals surface area contributed by atoms with Crippen molar-refractivity contribution in [1.29, 1.82) is 0 Å². The number of aliphatic carboxylic acids is 2. The summed E-state index contributed by atoms with van der Waals surface area (Å²) < 4.78 is 2.02. The fourth-order valence-electron chi connectivity index (χ4n) is 7.89. The molecule has 7 N–H and O–H groups in total. The lowest BCUT2D eigenvalue weighted by Crippen LogP contribution is -2.61. The maximum atomic E-state index is 14.5. The van der Waals surface area contributed by atoms with Crippen LogP contribution in [0.1, 0.15) is 93.1 Å². The number of benzene rings is 1. The number of ketones is 1. The Bertz CT molecular complexity index is 2070. The van der Waals surface area contributed by atoms with E-state index in [4.69, 9.17) is 10.8 Å². The number of rotatable bonds is 23. The van der Waals surface area contributed by atoms with Crippen molar-refractivity contribution in [3.05, 3.63) is 47.7 Å². The first-order valence-electron chi connectivity index (χ1n) is 21.2. The Morgan fingerprint density at radius 1 is 1.00 bits per heavy atom. The van der Waals surface area contributed by atoms with E-state index in [9.17, 15) is 43.5 Å². The third-order valence-corrected chi connectivity index (χ3v) is 13.0. The van der Waals surface area contributed by atoms with Crippen LogP contribution in [0.5, 0.6) is 0 Å². The number of nitrogens with two attached hydrogens (primary N) is 1. The van der Waals surface area contributed by atoms with Gasteiger partial charge in [-0.1, -0.05) is 72.7 Å². The summed E-state index contributed by atoms with van der Waals surface area (Å²) in [7, 11) is 5.28. The fourth-order valence-corrected chi connectivity index (χ4v) is 9.00. The summed E-state index contributed by atoms with van der Waals surface area (Å²) in [6, 6.07) is 3.24. The van der Waals surface area contributed by atoms with Gasteiger partial charge in [-0.2, -0.15) is 0 Å². The number of carboxylic acids is 2. The van der Waals surface area contributed by atoms with E-state index in [0.29, 0.717) is 0 Å². The Hall–Kier alpha value is -5.07. The number of imide groups is 1. The maximum absolute atomic E-state index is 14.5. The molecule has 348 valence electrons. The van der Waals surface area contributed by atoms with E-state index in [2.05, 4.69) is 16.0 Å². The quantitative estimate of drug-likeness (QED) is 0.0695. The Morgan fingerprint density at radius 2 is 1.63 bits per heavy atom. The highest BCUT2D eigenvalue weighted by Crippen LogP contribution is 2.35. The number of para-hydroxylation sites is 1. The number of Topliss-reactive ketones (excluding diaryl/α,β-unsaturated/α-hetero) is 1. The van der Waals surface area contributed by atoms with Crippen LogP contribution in [0, 0.1) is 11.3 Å². The van der Waals surface area contributed by atoms with Gasteiger partial charge in [0.1, 0.15) is 12.1 Å². The van der Waals surface area contributed by atoms with Crippen LogP contribution in [0.25, 0.3) is 10.9 Å². The maximum Gasteiger partial charge on any atom is 0.321 e. The number of nitrogens with one attached hydrogen (secondary N) is 3. The third-order valence-electron chi connectivity index (χ3n) is 11.7. The monoisotopic (exact) mass is 897 g/mol. The number of likely N-dealkylation sites (N-methyl/N-ethyl adjacent to an activating group) is 2. The molecule has 1 saturated heterocycles. The number of carboxylic acid groups (broad SMARTS) is 2. The van der Waals surface area contributed by atoms with Crippen LogP contribution in [-0.4, -0.2) is 134 Å². The van der Waals surface area contributed by atoms with Gasteiger partial charge in [-0.3, -0.25) is 43.3 Å². The molecule has 0 spiro atoms. The standard InChI is InChI=1S/C45H67N7O10S/c1-25(2)32(51(11)42(60)38(44(4,5)6)49-40(58)37(47-9)45(7,8)28-23-50(10)31-16-13-12-15-27(28)31)21-26(3)39(57)48-30(18-19-36(55)56)33(53)17-14-20-52-35(54)22-34(41(52)59)63-24-29(46)43(61)62/h12-13,15-16,21,23,25,29-30,32,34,37-38,47H,14,17-20,22,24,46H2,1-11H3,(H,48,57)(H,49,58)(H,55,56)(H,61,62)/b26-21+/t29-,30-,32+,34?,37+,38+/m0/s1. The van der Waals surface area contributed by atoms with E-state index in [1.807, 2.05) is 90.5 Å². The molecule has 3 rings (SSSR count). The van der Waals surface area contributed by atoms with E-state index in [-0.39, 0.29) is 61.3 Å². The zero-order valence-electron chi connectivity index (χ0n) is 38.4. The first kappa shape index (κ1) is 52.3. The number of likely N-dealkylation sites (tertiary alicyclic amines) is 1. The molecular formula is C45H67N7O10S. The van der Waals surface area contributed by atoms with Gasteiger partial charge in [-0.05, 0) is 49.8 Å². The molecule has 1 aromatic heterocycles. The van der Waals surface area contributed by atoms with Gasteiger partial charge >= 0.3 is 11.9 Å². The van der Waals surface area contributed by atoms with Crippen molar-refractivity contribution in [1.82, 2.24) is 30.3 Å². The summed E-state index contributed by atoms with van der Waals surface area (Å²) in [6.07, 6.45) is 2.76. The van der Waals surface area contributed by atoms with Crippen molar-refractivity contribution in [3.8, 4) is 0 Å². The minimum atomic E-state index is -1.23. The molecule has 2 aromatic rings. The van der Waals surface area contributed by atoms with Gasteiger partial charge in [0.15, 0.2) is 5.78 Å².